The summed E-state index contributed by atoms with van der Waals surface area (Å²) in [5.41, 5.74) is 2.44. The molecular weight excluding hydrogens is 300 g/mol. The number of hydrogen-bond donors (Lipinski definition) is 1. The summed E-state index contributed by atoms with van der Waals surface area (Å²) < 4.78 is 5.66. The standard InChI is InChI=1S/C20H32N2O2/c1-5-11-22(12-6-2)18-13-15-9-10-16(24-8-4)14-17(15)19(18)20(23)21-7-3/h9-10,14,18-19H,5-8,11-13H2,1-4H3,(H,21,23). The number of nitrogens with one attached hydrogen (secondary N) is 1. The molecule has 2 rings (SSSR count). The number of benzene rings is 1. The SMILES string of the molecule is CCCN(CCC)C1Cc2ccc(OCC)cc2C1C(=O)NCC. The van der Waals surface area contributed by atoms with Gasteiger partial charge in [-0.1, -0.05) is 19.9 Å². The van der Waals surface area contributed by atoms with Gasteiger partial charge in [0, 0.05) is 12.6 Å². The van der Waals surface area contributed by atoms with Crippen molar-refractivity contribution in [1.82, 2.24) is 10.2 Å². The van der Waals surface area contributed by atoms with E-state index in [4.69, 9.17) is 4.74 Å². The fourth-order valence-corrected chi connectivity index (χ4v) is 3.81. The molecule has 1 amide bonds. The highest BCUT2D eigenvalue weighted by Crippen LogP contribution is 2.38. The van der Waals surface area contributed by atoms with Crippen LogP contribution in [0.4, 0.5) is 0 Å². The lowest BCUT2D eigenvalue weighted by molar-refractivity contribution is -0.123. The molecule has 1 aromatic rings. The topological polar surface area (TPSA) is 41.6 Å². The molecule has 1 N–H and O–H groups in total. The fourth-order valence-electron chi connectivity index (χ4n) is 3.81. The van der Waals surface area contributed by atoms with Crippen LogP contribution >= 0.6 is 0 Å². The maximum Gasteiger partial charge on any atom is 0.229 e. The first-order valence-electron chi connectivity index (χ1n) is 9.43. The molecule has 1 aliphatic carbocycles. The number of likely N-dealkylation sites (N-methyl/N-ethyl adjacent to an activating group) is 1. The zero-order valence-corrected chi connectivity index (χ0v) is 15.6. The fraction of sp³-hybridized carbons (Fsp3) is 0.650. The van der Waals surface area contributed by atoms with Gasteiger partial charge in [-0.25, -0.2) is 0 Å². The van der Waals surface area contributed by atoms with E-state index in [1.165, 1.54) is 5.56 Å². The van der Waals surface area contributed by atoms with Gasteiger partial charge >= 0.3 is 0 Å². The Balaban J connectivity index is 2.35. The molecule has 0 fully saturated rings. The third kappa shape index (κ3) is 4.10. The molecule has 0 heterocycles. The molecule has 1 aromatic carbocycles. The van der Waals surface area contributed by atoms with Crippen LogP contribution in [0.2, 0.25) is 0 Å². The second-order valence-corrected chi connectivity index (χ2v) is 6.47. The number of fused-ring (bicyclic) bond motifs is 1. The van der Waals surface area contributed by atoms with E-state index in [1.54, 1.807) is 0 Å². The minimum absolute atomic E-state index is 0.0987. The lowest BCUT2D eigenvalue weighted by atomic mass is 9.95. The van der Waals surface area contributed by atoms with Gasteiger partial charge in [-0.2, -0.15) is 0 Å². The highest BCUT2D eigenvalue weighted by Gasteiger charge is 2.40. The highest BCUT2D eigenvalue weighted by atomic mass is 16.5. The Bertz CT molecular complexity index is 538. The van der Waals surface area contributed by atoms with E-state index in [0.717, 1.165) is 43.7 Å². The molecule has 2 atom stereocenters. The minimum Gasteiger partial charge on any atom is -0.494 e. The van der Waals surface area contributed by atoms with Crippen molar-refractivity contribution in [2.45, 2.75) is 58.9 Å². The summed E-state index contributed by atoms with van der Waals surface area (Å²) in [4.78, 5) is 15.3. The average molecular weight is 332 g/mol. The summed E-state index contributed by atoms with van der Waals surface area (Å²) in [5, 5.41) is 3.04. The number of nitrogens with zero attached hydrogens (tertiary/aromatic N) is 1. The van der Waals surface area contributed by atoms with Crippen molar-refractivity contribution in [3.8, 4) is 5.75 Å². The monoisotopic (exact) mass is 332 g/mol. The van der Waals surface area contributed by atoms with E-state index < -0.39 is 0 Å². The molecule has 0 saturated carbocycles. The molecule has 134 valence electrons. The molecule has 0 bridgehead atoms. The van der Waals surface area contributed by atoms with Crippen molar-refractivity contribution in [3.05, 3.63) is 29.3 Å². The summed E-state index contributed by atoms with van der Waals surface area (Å²) in [5.74, 6) is 0.911. The summed E-state index contributed by atoms with van der Waals surface area (Å²) in [6.07, 6.45) is 3.17. The van der Waals surface area contributed by atoms with Crippen LogP contribution in [0.5, 0.6) is 5.75 Å². The maximum absolute atomic E-state index is 12.8. The summed E-state index contributed by atoms with van der Waals surface area (Å²) in [6, 6.07) is 6.50. The van der Waals surface area contributed by atoms with Crippen molar-refractivity contribution in [2.24, 2.45) is 0 Å². The normalized spacial score (nSPS) is 19.4. The second kappa shape index (κ2) is 9.07. The second-order valence-electron chi connectivity index (χ2n) is 6.47. The third-order valence-electron chi connectivity index (χ3n) is 4.70. The van der Waals surface area contributed by atoms with Gasteiger partial charge in [0.1, 0.15) is 5.75 Å². The average Bonchev–Trinajstić information content (AvgIpc) is 2.94. The van der Waals surface area contributed by atoms with Crippen molar-refractivity contribution < 1.29 is 9.53 Å². The van der Waals surface area contributed by atoms with Crippen LogP contribution in [0.3, 0.4) is 0 Å². The van der Waals surface area contributed by atoms with Crippen LogP contribution in [-0.4, -0.2) is 43.1 Å². The van der Waals surface area contributed by atoms with Gasteiger partial charge in [-0.3, -0.25) is 9.69 Å². The van der Waals surface area contributed by atoms with E-state index in [9.17, 15) is 4.79 Å². The lowest BCUT2D eigenvalue weighted by Crippen LogP contribution is -2.44. The molecule has 1 aliphatic rings. The molecule has 0 aliphatic heterocycles. The Hall–Kier alpha value is -1.55. The van der Waals surface area contributed by atoms with Gasteiger partial charge in [0.05, 0.1) is 12.5 Å². The number of carbonyl (C=O) groups is 1. The molecule has 4 heteroatoms. The minimum atomic E-state index is -0.0987. The predicted octanol–water partition coefficient (Wildman–Crippen LogP) is 3.35. The van der Waals surface area contributed by atoms with Crippen molar-refractivity contribution in [3.63, 3.8) is 0 Å². The van der Waals surface area contributed by atoms with Gasteiger partial charge in [0.25, 0.3) is 0 Å². The molecule has 4 nitrogen and oxygen atoms in total. The first-order chi connectivity index (χ1) is 11.7. The van der Waals surface area contributed by atoms with E-state index in [-0.39, 0.29) is 17.9 Å². The van der Waals surface area contributed by atoms with Crippen molar-refractivity contribution >= 4 is 5.91 Å². The van der Waals surface area contributed by atoms with Gasteiger partial charge in [-0.15, -0.1) is 0 Å². The van der Waals surface area contributed by atoms with Crippen molar-refractivity contribution in [2.75, 3.05) is 26.2 Å². The molecule has 0 saturated heterocycles. The molecule has 0 radical (unpaired) electrons. The van der Waals surface area contributed by atoms with Gasteiger partial charge in [-0.05, 0) is 69.5 Å². The first kappa shape index (κ1) is 18.8. The number of carbonyl (C=O) groups excluding carboxylic acids is 1. The van der Waals surface area contributed by atoms with E-state index in [2.05, 4.69) is 36.2 Å². The Morgan fingerprint density at radius 1 is 1.21 bits per heavy atom. The molecule has 24 heavy (non-hydrogen) atoms. The lowest BCUT2D eigenvalue weighted by Gasteiger charge is -2.32. The van der Waals surface area contributed by atoms with Crippen LogP contribution in [0, 0.1) is 0 Å². The maximum atomic E-state index is 12.8. The van der Waals surface area contributed by atoms with Crippen LogP contribution < -0.4 is 10.1 Å². The Kier molecular flexibility index (Phi) is 7.10. The Morgan fingerprint density at radius 3 is 2.50 bits per heavy atom. The summed E-state index contributed by atoms with van der Waals surface area (Å²) >= 11 is 0. The molecule has 2 unspecified atom stereocenters. The number of ether oxygens (including phenoxy) is 1. The van der Waals surface area contributed by atoms with Gasteiger partial charge in [0.2, 0.25) is 5.91 Å². The Labute approximate surface area is 146 Å². The first-order valence-corrected chi connectivity index (χ1v) is 9.43. The largest absolute Gasteiger partial charge is 0.494 e. The van der Waals surface area contributed by atoms with Gasteiger partial charge < -0.3 is 10.1 Å². The van der Waals surface area contributed by atoms with E-state index >= 15 is 0 Å². The highest BCUT2D eigenvalue weighted by molar-refractivity contribution is 5.86. The molecule has 0 spiro atoms. The number of rotatable bonds is 9. The number of amides is 1. The predicted molar refractivity (Wildman–Crippen MR) is 98.7 cm³/mol. The van der Waals surface area contributed by atoms with E-state index in [1.807, 2.05) is 19.9 Å². The summed E-state index contributed by atoms with van der Waals surface area (Å²) in [6.45, 7) is 11.8. The Morgan fingerprint density at radius 2 is 1.92 bits per heavy atom. The smallest absolute Gasteiger partial charge is 0.229 e. The van der Waals surface area contributed by atoms with Crippen LogP contribution in [0.25, 0.3) is 0 Å². The quantitative estimate of drug-likeness (QED) is 0.754. The van der Waals surface area contributed by atoms with Crippen LogP contribution in [0.1, 0.15) is 57.6 Å². The van der Waals surface area contributed by atoms with Gasteiger partial charge in [0.15, 0.2) is 0 Å². The zero-order chi connectivity index (χ0) is 17.5. The van der Waals surface area contributed by atoms with E-state index in [0.29, 0.717) is 13.2 Å². The van der Waals surface area contributed by atoms with Crippen LogP contribution in [0.15, 0.2) is 18.2 Å². The van der Waals surface area contributed by atoms with Crippen LogP contribution in [-0.2, 0) is 11.2 Å². The third-order valence-corrected chi connectivity index (χ3v) is 4.70. The number of hydrogen-bond acceptors (Lipinski definition) is 3. The zero-order valence-electron chi connectivity index (χ0n) is 15.6. The summed E-state index contributed by atoms with van der Waals surface area (Å²) in [7, 11) is 0. The molecular formula is C20H32N2O2. The van der Waals surface area contributed by atoms with Crippen molar-refractivity contribution in [1.29, 1.82) is 0 Å². The molecule has 0 aromatic heterocycles.